The summed E-state index contributed by atoms with van der Waals surface area (Å²) in [5, 5.41) is 0. The summed E-state index contributed by atoms with van der Waals surface area (Å²) in [6.45, 7) is 1.99. The molecule has 0 saturated carbocycles. The molecule has 2 saturated heterocycles. The van der Waals surface area contributed by atoms with Crippen LogP contribution in [0.3, 0.4) is 0 Å². The monoisotopic (exact) mass is 353 g/mol. The molecule has 0 radical (unpaired) electrons. The molecule has 136 valence electrons. The summed E-state index contributed by atoms with van der Waals surface area (Å²) in [4.78, 5) is 29.2. The molecule has 0 bridgehead atoms. The van der Waals surface area contributed by atoms with Gasteiger partial charge in [0.1, 0.15) is 5.69 Å². The lowest BCUT2D eigenvalue weighted by molar-refractivity contribution is -0.133. The highest BCUT2D eigenvalue weighted by Gasteiger charge is 2.43. The van der Waals surface area contributed by atoms with E-state index in [0.29, 0.717) is 38.4 Å². The van der Waals surface area contributed by atoms with Crippen molar-refractivity contribution >= 4 is 11.8 Å². The average Bonchev–Trinajstić information content (AvgIpc) is 3.23. The van der Waals surface area contributed by atoms with Gasteiger partial charge in [-0.05, 0) is 17.7 Å². The first-order valence-corrected chi connectivity index (χ1v) is 8.99. The Balaban J connectivity index is 1.55. The van der Waals surface area contributed by atoms with Crippen molar-refractivity contribution < 1.29 is 14.3 Å². The number of likely N-dealkylation sites (tertiary alicyclic amines) is 1. The van der Waals surface area contributed by atoms with E-state index in [0.717, 1.165) is 5.56 Å². The molecule has 2 fully saturated rings. The van der Waals surface area contributed by atoms with Crippen molar-refractivity contribution in [3.05, 3.63) is 59.9 Å². The number of aryl methyl sites for hydroxylation is 1. The van der Waals surface area contributed by atoms with Crippen molar-refractivity contribution in [1.82, 2.24) is 14.4 Å². The topological polar surface area (TPSA) is 54.8 Å². The van der Waals surface area contributed by atoms with E-state index in [1.165, 1.54) is 0 Å². The Kier molecular flexibility index (Phi) is 4.51. The highest BCUT2D eigenvalue weighted by molar-refractivity contribution is 5.93. The number of benzene rings is 1. The van der Waals surface area contributed by atoms with Gasteiger partial charge in [0.2, 0.25) is 5.91 Å². The standard InChI is InChI=1S/C20H23N3O3/c1-21-10-5-8-16(21)20(25)22-13-17-18(14-22)26-11-9-19(24)23(17)12-15-6-3-2-4-7-15/h2-8,10,17-18H,9,11-14H2,1H3/t17-,18-/m0/s1. The second-order valence-corrected chi connectivity index (χ2v) is 6.95. The molecule has 2 aliphatic heterocycles. The minimum absolute atomic E-state index is 0.0127. The molecule has 1 aromatic heterocycles. The highest BCUT2D eigenvalue weighted by atomic mass is 16.5. The maximum Gasteiger partial charge on any atom is 0.270 e. The molecule has 2 aliphatic rings. The number of aromatic nitrogens is 1. The van der Waals surface area contributed by atoms with Gasteiger partial charge >= 0.3 is 0 Å². The van der Waals surface area contributed by atoms with Crippen LogP contribution in [0, 0.1) is 0 Å². The van der Waals surface area contributed by atoms with E-state index in [4.69, 9.17) is 4.74 Å². The quantitative estimate of drug-likeness (QED) is 0.843. The molecule has 2 aromatic rings. The van der Waals surface area contributed by atoms with Crippen LogP contribution in [0.5, 0.6) is 0 Å². The highest BCUT2D eigenvalue weighted by Crippen LogP contribution is 2.26. The maximum absolute atomic E-state index is 12.9. The van der Waals surface area contributed by atoms with Crippen LogP contribution in [0.25, 0.3) is 0 Å². The van der Waals surface area contributed by atoms with E-state index in [2.05, 4.69) is 0 Å². The largest absolute Gasteiger partial charge is 0.374 e. The minimum Gasteiger partial charge on any atom is -0.374 e. The van der Waals surface area contributed by atoms with Crippen molar-refractivity contribution in [1.29, 1.82) is 0 Å². The van der Waals surface area contributed by atoms with E-state index in [9.17, 15) is 9.59 Å². The fourth-order valence-corrected chi connectivity index (χ4v) is 3.84. The molecule has 0 unspecified atom stereocenters. The SMILES string of the molecule is Cn1cccc1C(=O)N1C[C@@H]2OCCC(=O)N(Cc3ccccc3)[C@H]2C1. The maximum atomic E-state index is 12.9. The Morgan fingerprint density at radius 3 is 2.69 bits per heavy atom. The van der Waals surface area contributed by atoms with Gasteiger partial charge in [0, 0.05) is 32.9 Å². The lowest BCUT2D eigenvalue weighted by Gasteiger charge is -2.29. The van der Waals surface area contributed by atoms with Crippen molar-refractivity contribution in [2.24, 2.45) is 7.05 Å². The van der Waals surface area contributed by atoms with Gasteiger partial charge in [-0.1, -0.05) is 30.3 Å². The van der Waals surface area contributed by atoms with Gasteiger partial charge in [0.25, 0.3) is 5.91 Å². The summed E-state index contributed by atoms with van der Waals surface area (Å²) in [6.07, 6.45) is 2.13. The first-order chi connectivity index (χ1) is 12.6. The third-order valence-corrected chi connectivity index (χ3v) is 5.25. The molecule has 1 aromatic carbocycles. The molecule has 0 N–H and O–H groups in total. The fraction of sp³-hybridized carbons (Fsp3) is 0.400. The van der Waals surface area contributed by atoms with E-state index < -0.39 is 0 Å². The first kappa shape index (κ1) is 16.8. The molecule has 6 heteroatoms. The Bertz CT molecular complexity index is 802. The second-order valence-electron chi connectivity index (χ2n) is 6.95. The molecular weight excluding hydrogens is 330 g/mol. The summed E-state index contributed by atoms with van der Waals surface area (Å²) in [7, 11) is 1.86. The third-order valence-electron chi connectivity index (χ3n) is 5.25. The number of hydrogen-bond donors (Lipinski definition) is 0. The molecule has 2 amide bonds. The van der Waals surface area contributed by atoms with E-state index in [-0.39, 0.29) is 24.0 Å². The van der Waals surface area contributed by atoms with Crippen molar-refractivity contribution in [3.63, 3.8) is 0 Å². The van der Waals surface area contributed by atoms with Gasteiger partial charge in [-0.2, -0.15) is 0 Å². The zero-order valence-corrected chi connectivity index (χ0v) is 14.9. The summed E-state index contributed by atoms with van der Waals surface area (Å²) < 4.78 is 7.75. The normalized spacial score (nSPS) is 23.0. The van der Waals surface area contributed by atoms with Gasteiger partial charge in [-0.15, -0.1) is 0 Å². The van der Waals surface area contributed by atoms with Gasteiger partial charge < -0.3 is 19.1 Å². The number of carbonyl (C=O) groups excluding carboxylic acids is 2. The average molecular weight is 353 g/mol. The number of rotatable bonds is 3. The molecular formula is C20H23N3O3. The van der Waals surface area contributed by atoms with Crippen LogP contribution >= 0.6 is 0 Å². The van der Waals surface area contributed by atoms with Crippen molar-refractivity contribution in [3.8, 4) is 0 Å². The molecule has 4 rings (SSSR count). The van der Waals surface area contributed by atoms with Gasteiger partial charge in [0.05, 0.1) is 25.2 Å². The summed E-state index contributed by atoms with van der Waals surface area (Å²) in [5.74, 6) is 0.0794. The number of nitrogens with zero attached hydrogens (tertiary/aromatic N) is 3. The van der Waals surface area contributed by atoms with Gasteiger partial charge in [-0.25, -0.2) is 0 Å². The zero-order valence-electron chi connectivity index (χ0n) is 14.9. The Morgan fingerprint density at radius 2 is 1.96 bits per heavy atom. The van der Waals surface area contributed by atoms with Gasteiger partial charge in [0.15, 0.2) is 0 Å². The number of carbonyl (C=O) groups is 2. The Labute approximate surface area is 153 Å². The summed E-state index contributed by atoms with van der Waals surface area (Å²) in [6, 6.07) is 13.6. The zero-order chi connectivity index (χ0) is 18.1. The predicted molar refractivity (Wildman–Crippen MR) is 96.5 cm³/mol. The molecule has 0 aliphatic carbocycles. The molecule has 3 heterocycles. The van der Waals surface area contributed by atoms with Crippen LogP contribution in [0.2, 0.25) is 0 Å². The summed E-state index contributed by atoms with van der Waals surface area (Å²) in [5.41, 5.74) is 1.75. The molecule has 0 spiro atoms. The van der Waals surface area contributed by atoms with Crippen LogP contribution in [-0.2, 0) is 23.1 Å². The lowest BCUT2D eigenvalue weighted by Crippen LogP contribution is -2.45. The van der Waals surface area contributed by atoms with Crippen molar-refractivity contribution in [2.45, 2.75) is 25.1 Å². The van der Waals surface area contributed by atoms with E-state index >= 15 is 0 Å². The lowest BCUT2D eigenvalue weighted by atomic mass is 10.1. The first-order valence-electron chi connectivity index (χ1n) is 8.99. The molecule has 26 heavy (non-hydrogen) atoms. The second kappa shape index (κ2) is 6.96. The molecule has 6 nitrogen and oxygen atoms in total. The van der Waals surface area contributed by atoms with Crippen molar-refractivity contribution in [2.75, 3.05) is 19.7 Å². The Morgan fingerprint density at radius 1 is 1.15 bits per heavy atom. The minimum atomic E-state index is -0.130. The number of hydrogen-bond acceptors (Lipinski definition) is 3. The van der Waals surface area contributed by atoms with Crippen LogP contribution in [-0.4, -0.2) is 58.0 Å². The number of ether oxygens (including phenoxy) is 1. The van der Waals surface area contributed by atoms with E-state index in [1.54, 1.807) is 4.90 Å². The van der Waals surface area contributed by atoms with Crippen LogP contribution in [0.15, 0.2) is 48.7 Å². The molecule has 2 atom stereocenters. The van der Waals surface area contributed by atoms with Crippen LogP contribution in [0.1, 0.15) is 22.5 Å². The smallest absolute Gasteiger partial charge is 0.270 e. The number of amides is 2. The predicted octanol–water partition coefficient (Wildman–Crippen LogP) is 1.67. The van der Waals surface area contributed by atoms with Crippen LogP contribution in [0.4, 0.5) is 0 Å². The summed E-state index contributed by atoms with van der Waals surface area (Å²) >= 11 is 0. The Hall–Kier alpha value is -2.60. The van der Waals surface area contributed by atoms with E-state index in [1.807, 2.05) is 65.2 Å². The van der Waals surface area contributed by atoms with Gasteiger partial charge in [-0.3, -0.25) is 9.59 Å². The fourth-order valence-electron chi connectivity index (χ4n) is 3.84. The third kappa shape index (κ3) is 3.12. The number of fused-ring (bicyclic) bond motifs is 1. The van der Waals surface area contributed by atoms with Crippen LogP contribution < -0.4 is 0 Å².